The van der Waals surface area contributed by atoms with Crippen LogP contribution in [0.15, 0.2) is 65.8 Å². The minimum Gasteiger partial charge on any atom is -0.508 e. The Morgan fingerprint density at radius 1 is 1.08 bits per heavy atom. The van der Waals surface area contributed by atoms with E-state index in [1.54, 1.807) is 13.3 Å². The molecule has 3 aromatic rings. The highest BCUT2D eigenvalue weighted by molar-refractivity contribution is 6.03. The van der Waals surface area contributed by atoms with Gasteiger partial charge in [0.25, 0.3) is 5.91 Å². The third-order valence-electron chi connectivity index (χ3n) is 3.64. The van der Waals surface area contributed by atoms with Crippen LogP contribution in [0.4, 0.5) is 0 Å². The molecule has 0 radical (unpaired) electrons. The van der Waals surface area contributed by atoms with E-state index >= 15 is 0 Å². The van der Waals surface area contributed by atoms with Crippen LogP contribution in [0.2, 0.25) is 0 Å². The minimum atomic E-state index is -0.356. The Morgan fingerprint density at radius 3 is 2.58 bits per heavy atom. The van der Waals surface area contributed by atoms with E-state index in [1.165, 1.54) is 24.3 Å². The van der Waals surface area contributed by atoms with Gasteiger partial charge in [-0.25, -0.2) is 5.43 Å². The molecule has 2 N–H and O–H groups in total. The fourth-order valence-corrected chi connectivity index (χ4v) is 2.42. The first-order chi connectivity index (χ1) is 11.7. The van der Waals surface area contributed by atoms with Gasteiger partial charge in [-0.15, -0.1) is 0 Å². The molecule has 0 heterocycles. The van der Waals surface area contributed by atoms with Crippen LogP contribution in [0.25, 0.3) is 10.8 Å². The van der Waals surface area contributed by atoms with Crippen LogP contribution in [-0.4, -0.2) is 24.3 Å². The Balaban J connectivity index is 1.85. The minimum absolute atomic E-state index is 0.107. The average molecular weight is 320 g/mol. The Labute approximate surface area is 139 Å². The second-order valence-electron chi connectivity index (χ2n) is 5.15. The summed E-state index contributed by atoms with van der Waals surface area (Å²) in [5.41, 5.74) is 3.68. The van der Waals surface area contributed by atoms with Crippen LogP contribution in [0.5, 0.6) is 11.5 Å². The quantitative estimate of drug-likeness (QED) is 0.572. The van der Waals surface area contributed by atoms with Crippen molar-refractivity contribution in [2.75, 3.05) is 7.11 Å². The van der Waals surface area contributed by atoms with Crippen molar-refractivity contribution in [3.05, 3.63) is 71.8 Å². The molecule has 3 aromatic carbocycles. The van der Waals surface area contributed by atoms with Crippen molar-refractivity contribution in [1.82, 2.24) is 5.43 Å². The van der Waals surface area contributed by atoms with Crippen LogP contribution in [0.1, 0.15) is 15.9 Å². The number of hydrogen-bond donors (Lipinski definition) is 2. The van der Waals surface area contributed by atoms with Crippen molar-refractivity contribution >= 4 is 22.9 Å². The Bertz CT molecular complexity index is 902. The van der Waals surface area contributed by atoms with Crippen molar-refractivity contribution in [2.45, 2.75) is 0 Å². The van der Waals surface area contributed by atoms with E-state index in [0.717, 1.165) is 16.3 Å². The summed E-state index contributed by atoms with van der Waals surface area (Å²) in [4.78, 5) is 12.0. The van der Waals surface area contributed by atoms with Crippen molar-refractivity contribution < 1.29 is 14.6 Å². The average Bonchev–Trinajstić information content (AvgIpc) is 2.62. The maximum Gasteiger partial charge on any atom is 0.271 e. The molecule has 0 aliphatic rings. The highest BCUT2D eigenvalue weighted by Gasteiger charge is 2.07. The fourth-order valence-electron chi connectivity index (χ4n) is 2.42. The van der Waals surface area contributed by atoms with Crippen molar-refractivity contribution in [2.24, 2.45) is 5.10 Å². The molecule has 0 aliphatic carbocycles. The Morgan fingerprint density at radius 2 is 1.83 bits per heavy atom. The molecule has 0 spiro atoms. The van der Waals surface area contributed by atoms with Gasteiger partial charge in [-0.3, -0.25) is 4.79 Å². The predicted octanol–water partition coefficient (Wildman–Crippen LogP) is 3.32. The van der Waals surface area contributed by atoms with E-state index in [-0.39, 0.29) is 11.7 Å². The molecule has 5 nitrogen and oxygen atoms in total. The lowest BCUT2D eigenvalue weighted by molar-refractivity contribution is 0.0955. The number of phenols is 1. The first kappa shape index (κ1) is 15.6. The molecule has 0 unspecified atom stereocenters. The van der Waals surface area contributed by atoms with Crippen molar-refractivity contribution in [1.29, 1.82) is 0 Å². The zero-order valence-corrected chi connectivity index (χ0v) is 13.1. The van der Waals surface area contributed by atoms with Gasteiger partial charge < -0.3 is 9.84 Å². The van der Waals surface area contributed by atoms with Crippen LogP contribution in [0.3, 0.4) is 0 Å². The summed E-state index contributed by atoms with van der Waals surface area (Å²) in [7, 11) is 1.59. The van der Waals surface area contributed by atoms with E-state index in [0.29, 0.717) is 11.3 Å². The first-order valence-corrected chi connectivity index (χ1v) is 7.37. The van der Waals surface area contributed by atoms with Gasteiger partial charge in [-0.05, 0) is 41.1 Å². The molecule has 1 amide bonds. The molecule has 0 aliphatic heterocycles. The van der Waals surface area contributed by atoms with Gasteiger partial charge in [0.05, 0.1) is 13.3 Å². The maximum atomic E-state index is 12.0. The number of hydrogen-bond acceptors (Lipinski definition) is 4. The third kappa shape index (κ3) is 3.20. The number of ether oxygens (including phenoxy) is 1. The van der Waals surface area contributed by atoms with Gasteiger partial charge in [-0.1, -0.05) is 30.3 Å². The second-order valence-corrected chi connectivity index (χ2v) is 5.15. The topological polar surface area (TPSA) is 70.9 Å². The largest absolute Gasteiger partial charge is 0.508 e. The number of amides is 1. The Kier molecular flexibility index (Phi) is 4.43. The molecule has 0 saturated carbocycles. The smallest absolute Gasteiger partial charge is 0.271 e. The summed E-state index contributed by atoms with van der Waals surface area (Å²) in [5, 5.41) is 15.3. The highest BCUT2D eigenvalue weighted by atomic mass is 16.5. The highest BCUT2D eigenvalue weighted by Crippen LogP contribution is 2.26. The molecule has 0 atom stereocenters. The second kappa shape index (κ2) is 6.83. The van der Waals surface area contributed by atoms with Crippen molar-refractivity contribution in [3.63, 3.8) is 0 Å². The SMILES string of the molecule is COc1ccc2ccccc2c1C=NNC(=O)c1ccc(O)cc1. The van der Waals surface area contributed by atoms with Crippen molar-refractivity contribution in [3.8, 4) is 11.5 Å². The summed E-state index contributed by atoms with van der Waals surface area (Å²) in [6.45, 7) is 0. The monoisotopic (exact) mass is 320 g/mol. The van der Waals surface area contributed by atoms with E-state index in [1.807, 2.05) is 36.4 Å². The zero-order chi connectivity index (χ0) is 16.9. The fraction of sp³-hybridized carbons (Fsp3) is 0.0526. The van der Waals surface area contributed by atoms with Crippen LogP contribution in [-0.2, 0) is 0 Å². The summed E-state index contributed by atoms with van der Waals surface area (Å²) < 4.78 is 5.38. The number of carbonyl (C=O) groups excluding carboxylic acids is 1. The van der Waals surface area contributed by atoms with E-state index in [9.17, 15) is 9.90 Å². The maximum absolute atomic E-state index is 12.0. The summed E-state index contributed by atoms with van der Waals surface area (Å²) in [6, 6.07) is 17.7. The lowest BCUT2D eigenvalue weighted by Gasteiger charge is -2.08. The molecular formula is C19H16N2O3. The van der Waals surface area contributed by atoms with E-state index < -0.39 is 0 Å². The lowest BCUT2D eigenvalue weighted by atomic mass is 10.0. The molecule has 0 fully saturated rings. The third-order valence-corrected chi connectivity index (χ3v) is 3.64. The number of phenolic OH excluding ortho intramolecular Hbond substituents is 1. The van der Waals surface area contributed by atoms with Gasteiger partial charge in [0.1, 0.15) is 11.5 Å². The number of methoxy groups -OCH3 is 1. The molecule has 5 heteroatoms. The molecule has 0 aromatic heterocycles. The molecule has 120 valence electrons. The van der Waals surface area contributed by atoms with Gasteiger partial charge in [0.15, 0.2) is 0 Å². The zero-order valence-electron chi connectivity index (χ0n) is 13.1. The number of hydrazone groups is 1. The number of carbonyl (C=O) groups is 1. The first-order valence-electron chi connectivity index (χ1n) is 7.37. The summed E-state index contributed by atoms with van der Waals surface area (Å²) >= 11 is 0. The predicted molar refractivity (Wildman–Crippen MR) is 93.7 cm³/mol. The van der Waals surface area contributed by atoms with Gasteiger partial charge >= 0.3 is 0 Å². The van der Waals surface area contributed by atoms with Gasteiger partial charge in [0.2, 0.25) is 0 Å². The number of aromatic hydroxyl groups is 1. The number of benzene rings is 3. The number of nitrogens with one attached hydrogen (secondary N) is 1. The molecule has 24 heavy (non-hydrogen) atoms. The molecule has 0 bridgehead atoms. The molecule has 3 rings (SSSR count). The van der Waals surface area contributed by atoms with Crippen LogP contribution in [0, 0.1) is 0 Å². The van der Waals surface area contributed by atoms with E-state index in [4.69, 9.17) is 4.74 Å². The molecule has 0 saturated heterocycles. The normalized spacial score (nSPS) is 10.9. The van der Waals surface area contributed by atoms with E-state index in [2.05, 4.69) is 10.5 Å². The number of fused-ring (bicyclic) bond motifs is 1. The van der Waals surface area contributed by atoms with Crippen LogP contribution >= 0.6 is 0 Å². The summed E-state index contributed by atoms with van der Waals surface area (Å²) in [6.07, 6.45) is 1.57. The standard InChI is InChI=1S/C19H16N2O3/c1-24-18-11-8-13-4-2-3-5-16(13)17(18)12-20-21-19(23)14-6-9-15(22)10-7-14/h2-12,22H,1H3,(H,21,23). The Hall–Kier alpha value is -3.34. The molecular weight excluding hydrogens is 304 g/mol. The van der Waals surface area contributed by atoms with Crippen LogP contribution < -0.4 is 10.2 Å². The number of rotatable bonds is 4. The van der Waals surface area contributed by atoms with Gasteiger partial charge in [0, 0.05) is 11.1 Å². The lowest BCUT2D eigenvalue weighted by Crippen LogP contribution is -2.17. The van der Waals surface area contributed by atoms with Gasteiger partial charge in [-0.2, -0.15) is 5.10 Å². The number of nitrogens with zero attached hydrogens (tertiary/aromatic N) is 1. The summed E-state index contributed by atoms with van der Waals surface area (Å²) in [5.74, 6) is 0.428.